The molecule has 0 saturated heterocycles. The summed E-state index contributed by atoms with van der Waals surface area (Å²) in [5.74, 6) is 0.0234. The van der Waals surface area contributed by atoms with Gasteiger partial charge in [0.25, 0.3) is 0 Å². The Balaban J connectivity index is 1.82. The summed E-state index contributed by atoms with van der Waals surface area (Å²) in [6.45, 7) is 1.07. The van der Waals surface area contributed by atoms with Gasteiger partial charge >= 0.3 is 6.18 Å². The third-order valence-electron chi connectivity index (χ3n) is 2.54. The van der Waals surface area contributed by atoms with Crippen LogP contribution in [0.15, 0.2) is 0 Å². The lowest BCUT2D eigenvalue weighted by molar-refractivity contribution is -0.135. The van der Waals surface area contributed by atoms with Crippen LogP contribution >= 0.6 is 0 Å². The summed E-state index contributed by atoms with van der Waals surface area (Å²) >= 11 is 0. The predicted molar refractivity (Wildman–Crippen MR) is 58.6 cm³/mol. The Morgan fingerprint density at radius 2 is 1.88 bits per heavy atom. The maximum Gasteiger partial charge on any atom is 0.389 e. The molecule has 1 aliphatic rings. The van der Waals surface area contributed by atoms with Crippen molar-refractivity contribution in [2.75, 3.05) is 13.1 Å². The smallest absolute Gasteiger partial charge is 0.353 e. The van der Waals surface area contributed by atoms with Gasteiger partial charge in [0.15, 0.2) is 0 Å². The summed E-state index contributed by atoms with van der Waals surface area (Å²) in [7, 11) is 0. The van der Waals surface area contributed by atoms with E-state index in [1.54, 1.807) is 0 Å². The molecule has 0 radical (unpaired) electrons. The molecule has 0 atom stereocenters. The Hall–Kier alpha value is -0.780. The standard InChI is InChI=1S/C11H19F3N2O/c12-11(13,14)6-1-2-7-15-8-5-10(17)16-9-3-4-9/h9,15H,1-8H2,(H,16,17). The average Bonchev–Trinajstić information content (AvgIpc) is 2.98. The molecule has 0 aromatic heterocycles. The first-order valence-corrected chi connectivity index (χ1v) is 6.04. The second-order valence-electron chi connectivity index (χ2n) is 4.41. The van der Waals surface area contributed by atoms with Crippen molar-refractivity contribution in [1.29, 1.82) is 0 Å². The zero-order chi connectivity index (χ0) is 12.7. The molecule has 1 saturated carbocycles. The number of unbranched alkanes of at least 4 members (excludes halogenated alkanes) is 1. The number of halogens is 3. The van der Waals surface area contributed by atoms with E-state index >= 15 is 0 Å². The molecule has 100 valence electrons. The van der Waals surface area contributed by atoms with Crippen LogP contribution in [0.1, 0.15) is 38.5 Å². The molecule has 0 bridgehead atoms. The van der Waals surface area contributed by atoms with E-state index in [0.29, 0.717) is 32.0 Å². The highest BCUT2D eigenvalue weighted by Crippen LogP contribution is 2.21. The Morgan fingerprint density at radius 3 is 2.47 bits per heavy atom. The van der Waals surface area contributed by atoms with Crippen molar-refractivity contribution in [3.05, 3.63) is 0 Å². The van der Waals surface area contributed by atoms with E-state index < -0.39 is 12.6 Å². The summed E-state index contributed by atoms with van der Waals surface area (Å²) < 4.78 is 35.4. The first kappa shape index (κ1) is 14.3. The van der Waals surface area contributed by atoms with Crippen molar-refractivity contribution < 1.29 is 18.0 Å². The molecule has 0 aromatic carbocycles. The molecule has 1 fully saturated rings. The maximum absolute atomic E-state index is 11.8. The van der Waals surface area contributed by atoms with Crippen molar-refractivity contribution in [3.8, 4) is 0 Å². The van der Waals surface area contributed by atoms with Crippen LogP contribution in [0.3, 0.4) is 0 Å². The molecular weight excluding hydrogens is 233 g/mol. The molecule has 2 N–H and O–H groups in total. The third kappa shape index (κ3) is 8.97. The summed E-state index contributed by atoms with van der Waals surface area (Å²) in [6.07, 6.45) is -1.61. The van der Waals surface area contributed by atoms with Gasteiger partial charge in [0.1, 0.15) is 0 Å². The molecule has 0 aromatic rings. The van der Waals surface area contributed by atoms with Gasteiger partial charge in [0.2, 0.25) is 5.91 Å². The van der Waals surface area contributed by atoms with Crippen molar-refractivity contribution >= 4 is 5.91 Å². The van der Waals surface area contributed by atoms with E-state index in [1.165, 1.54) is 0 Å². The summed E-state index contributed by atoms with van der Waals surface area (Å²) in [6, 6.07) is 0.370. The fraction of sp³-hybridized carbons (Fsp3) is 0.909. The molecule has 0 spiro atoms. The topological polar surface area (TPSA) is 41.1 Å². The summed E-state index contributed by atoms with van der Waals surface area (Å²) in [4.78, 5) is 11.2. The van der Waals surface area contributed by atoms with Crippen molar-refractivity contribution in [3.63, 3.8) is 0 Å². The number of carbonyl (C=O) groups excluding carboxylic acids is 1. The van der Waals surface area contributed by atoms with Gasteiger partial charge < -0.3 is 10.6 Å². The van der Waals surface area contributed by atoms with Gasteiger partial charge in [-0.15, -0.1) is 0 Å². The molecular formula is C11H19F3N2O. The van der Waals surface area contributed by atoms with Crippen LogP contribution in [-0.4, -0.2) is 31.2 Å². The highest BCUT2D eigenvalue weighted by molar-refractivity contribution is 5.76. The number of rotatable bonds is 8. The second kappa shape index (κ2) is 6.83. The molecule has 1 amide bonds. The lowest BCUT2D eigenvalue weighted by Gasteiger charge is -2.07. The number of nitrogens with one attached hydrogen (secondary N) is 2. The Morgan fingerprint density at radius 1 is 1.18 bits per heavy atom. The van der Waals surface area contributed by atoms with E-state index in [1.807, 2.05) is 0 Å². The van der Waals surface area contributed by atoms with Crippen LogP contribution in [0, 0.1) is 0 Å². The number of alkyl halides is 3. The number of hydrogen-bond donors (Lipinski definition) is 2. The first-order chi connectivity index (χ1) is 7.97. The molecule has 0 unspecified atom stereocenters. The van der Waals surface area contributed by atoms with Crippen molar-refractivity contribution in [2.45, 2.75) is 50.7 Å². The fourth-order valence-corrected chi connectivity index (χ4v) is 1.43. The number of carbonyl (C=O) groups is 1. The maximum atomic E-state index is 11.8. The monoisotopic (exact) mass is 252 g/mol. The lowest BCUT2D eigenvalue weighted by atomic mass is 10.2. The average molecular weight is 252 g/mol. The molecule has 6 heteroatoms. The normalized spacial score (nSPS) is 15.9. The van der Waals surface area contributed by atoms with E-state index in [9.17, 15) is 18.0 Å². The zero-order valence-electron chi connectivity index (χ0n) is 9.78. The predicted octanol–water partition coefficient (Wildman–Crippen LogP) is 1.98. The van der Waals surface area contributed by atoms with Crippen LogP contribution in [-0.2, 0) is 4.79 Å². The minimum Gasteiger partial charge on any atom is -0.353 e. The van der Waals surface area contributed by atoms with Crippen molar-refractivity contribution in [2.24, 2.45) is 0 Å². The summed E-state index contributed by atoms with van der Waals surface area (Å²) in [5.41, 5.74) is 0. The molecule has 0 heterocycles. The Bertz CT molecular complexity index is 239. The SMILES string of the molecule is O=C(CCNCCCCC(F)(F)F)NC1CC1. The van der Waals surface area contributed by atoms with E-state index in [4.69, 9.17) is 0 Å². The van der Waals surface area contributed by atoms with E-state index in [0.717, 1.165) is 12.8 Å². The number of hydrogen-bond acceptors (Lipinski definition) is 2. The van der Waals surface area contributed by atoms with Crippen LogP contribution < -0.4 is 10.6 Å². The largest absolute Gasteiger partial charge is 0.389 e. The van der Waals surface area contributed by atoms with Gasteiger partial charge in [-0.3, -0.25) is 4.79 Å². The molecule has 1 rings (SSSR count). The van der Waals surface area contributed by atoms with Crippen LogP contribution in [0.2, 0.25) is 0 Å². The van der Waals surface area contributed by atoms with Gasteiger partial charge in [-0.25, -0.2) is 0 Å². The van der Waals surface area contributed by atoms with Crippen molar-refractivity contribution in [1.82, 2.24) is 10.6 Å². The quantitative estimate of drug-likeness (QED) is 0.648. The molecule has 0 aliphatic heterocycles. The molecule has 1 aliphatic carbocycles. The van der Waals surface area contributed by atoms with Gasteiger partial charge in [-0.2, -0.15) is 13.2 Å². The van der Waals surface area contributed by atoms with Crippen LogP contribution in [0.5, 0.6) is 0 Å². The summed E-state index contributed by atoms with van der Waals surface area (Å²) in [5, 5.41) is 5.82. The Labute approximate surface area is 99.1 Å². The van der Waals surface area contributed by atoms with Crippen LogP contribution in [0.25, 0.3) is 0 Å². The minimum absolute atomic E-state index is 0.0234. The number of amides is 1. The van der Waals surface area contributed by atoms with Crippen LogP contribution in [0.4, 0.5) is 13.2 Å². The molecule has 3 nitrogen and oxygen atoms in total. The zero-order valence-corrected chi connectivity index (χ0v) is 9.78. The lowest BCUT2D eigenvalue weighted by Crippen LogP contribution is -2.29. The highest BCUT2D eigenvalue weighted by Gasteiger charge is 2.25. The fourth-order valence-electron chi connectivity index (χ4n) is 1.43. The van der Waals surface area contributed by atoms with Gasteiger partial charge in [0, 0.05) is 25.4 Å². The van der Waals surface area contributed by atoms with Gasteiger partial charge in [-0.1, -0.05) is 0 Å². The highest BCUT2D eigenvalue weighted by atomic mass is 19.4. The third-order valence-corrected chi connectivity index (χ3v) is 2.54. The molecule has 17 heavy (non-hydrogen) atoms. The Kier molecular flexibility index (Phi) is 5.74. The minimum atomic E-state index is -4.05. The van der Waals surface area contributed by atoms with E-state index in [2.05, 4.69) is 10.6 Å². The van der Waals surface area contributed by atoms with E-state index in [-0.39, 0.29) is 12.3 Å². The van der Waals surface area contributed by atoms with Gasteiger partial charge in [0.05, 0.1) is 0 Å². The second-order valence-corrected chi connectivity index (χ2v) is 4.41. The first-order valence-electron chi connectivity index (χ1n) is 6.04. The van der Waals surface area contributed by atoms with Gasteiger partial charge in [-0.05, 0) is 32.2 Å².